The normalized spacial score (nSPS) is 13.0. The van der Waals surface area contributed by atoms with Gasteiger partial charge in [0.25, 0.3) is 0 Å². The molecular weight excluding hydrogens is 564 g/mol. The van der Waals surface area contributed by atoms with Crippen LogP contribution in [-0.4, -0.2) is 30.6 Å². The number of esters is 3. The molecule has 0 aromatic carbocycles. The third-order valence-electron chi connectivity index (χ3n) is 5.93. The van der Waals surface area contributed by atoms with Crippen molar-refractivity contribution in [3.05, 3.63) is 95.9 Å². The average Bonchev–Trinajstić information content (AvgIpc) is 2.98. The molecule has 0 N–H and O–H groups in total. The number of unbranched alkanes of at least 4 members (excludes halogenated alkanes) is 1. The predicted octanol–water partition coefficient (Wildman–Crippen LogP) is 9.53. The van der Waals surface area contributed by atoms with Gasteiger partial charge in [-0.25, -0.2) is 0 Å². The largest absolute Gasteiger partial charge is 0.465 e. The van der Waals surface area contributed by atoms with E-state index in [1.807, 2.05) is 32.9 Å². The van der Waals surface area contributed by atoms with E-state index in [9.17, 15) is 14.4 Å². The molecule has 0 aliphatic rings. The first kappa shape index (κ1) is 40.9. The molecule has 0 radical (unpaired) electrons. The fraction of sp³-hybridized carbons (Fsp3) is 0.462. The second-order valence-electron chi connectivity index (χ2n) is 10.6. The maximum Gasteiger partial charge on any atom is 0.307 e. The van der Waals surface area contributed by atoms with E-state index in [4.69, 9.17) is 14.2 Å². The Balaban J connectivity index is 4.60. The van der Waals surface area contributed by atoms with Crippen LogP contribution in [0.15, 0.2) is 95.9 Å². The van der Waals surface area contributed by atoms with Crippen LogP contribution >= 0.6 is 0 Å². The van der Waals surface area contributed by atoms with Crippen molar-refractivity contribution in [1.29, 1.82) is 0 Å². The van der Waals surface area contributed by atoms with Crippen LogP contribution in [0.4, 0.5) is 0 Å². The Labute approximate surface area is 272 Å². The smallest absolute Gasteiger partial charge is 0.307 e. The lowest BCUT2D eigenvalue weighted by Crippen LogP contribution is -2.20. The first-order chi connectivity index (χ1) is 21.6. The molecule has 0 aromatic heterocycles. The Hall–Kier alpha value is -4.11. The van der Waals surface area contributed by atoms with Gasteiger partial charge >= 0.3 is 17.9 Å². The summed E-state index contributed by atoms with van der Waals surface area (Å²) < 4.78 is 16.0. The Morgan fingerprint density at radius 3 is 1.84 bits per heavy atom. The van der Waals surface area contributed by atoms with Gasteiger partial charge in [0.05, 0.1) is 12.9 Å². The number of hydrogen-bond donors (Lipinski definition) is 0. The van der Waals surface area contributed by atoms with Gasteiger partial charge in [0, 0.05) is 38.7 Å². The predicted molar refractivity (Wildman–Crippen MR) is 185 cm³/mol. The van der Waals surface area contributed by atoms with Crippen molar-refractivity contribution in [2.24, 2.45) is 0 Å². The van der Waals surface area contributed by atoms with E-state index < -0.39 is 18.0 Å². The monoisotopic (exact) mass is 618 g/mol. The summed E-state index contributed by atoms with van der Waals surface area (Å²) in [6.07, 6.45) is 33.0. The van der Waals surface area contributed by atoms with Gasteiger partial charge in [0.15, 0.2) is 0 Å². The lowest BCUT2D eigenvalue weighted by atomic mass is 10.0. The van der Waals surface area contributed by atoms with Crippen LogP contribution in [0.1, 0.15) is 106 Å². The van der Waals surface area contributed by atoms with Crippen LogP contribution in [-0.2, 0) is 28.6 Å². The molecule has 0 unspecified atom stereocenters. The van der Waals surface area contributed by atoms with Crippen molar-refractivity contribution in [3.63, 3.8) is 0 Å². The number of hydrogen-bond acceptors (Lipinski definition) is 6. The maximum atomic E-state index is 12.3. The van der Waals surface area contributed by atoms with Gasteiger partial charge in [0.2, 0.25) is 0 Å². The quantitative estimate of drug-likeness (QED) is 0.0318. The van der Waals surface area contributed by atoms with Crippen LogP contribution in [0.5, 0.6) is 0 Å². The van der Waals surface area contributed by atoms with Gasteiger partial charge in [-0.3, -0.25) is 14.4 Å². The zero-order valence-electron chi connectivity index (χ0n) is 28.3. The van der Waals surface area contributed by atoms with Crippen LogP contribution in [0.2, 0.25) is 0 Å². The van der Waals surface area contributed by atoms with E-state index >= 15 is 0 Å². The van der Waals surface area contributed by atoms with Gasteiger partial charge in [-0.2, -0.15) is 0 Å². The summed E-state index contributed by atoms with van der Waals surface area (Å²) in [5, 5.41) is 0. The molecule has 6 nitrogen and oxygen atoms in total. The van der Waals surface area contributed by atoms with Gasteiger partial charge in [-0.1, -0.05) is 91.2 Å². The Kier molecular flexibility index (Phi) is 26.0. The lowest BCUT2D eigenvalue weighted by Gasteiger charge is -2.19. The average molecular weight is 619 g/mol. The summed E-state index contributed by atoms with van der Waals surface area (Å²) in [6, 6.07) is 0. The van der Waals surface area contributed by atoms with Crippen molar-refractivity contribution in [1.82, 2.24) is 0 Å². The van der Waals surface area contributed by atoms with Crippen molar-refractivity contribution in [2.75, 3.05) is 6.61 Å². The van der Waals surface area contributed by atoms with Gasteiger partial charge < -0.3 is 14.2 Å². The van der Waals surface area contributed by atoms with Crippen LogP contribution in [0.3, 0.4) is 0 Å². The Bertz CT molecular complexity index is 1170. The van der Waals surface area contributed by atoms with Crippen molar-refractivity contribution in [2.45, 2.75) is 112 Å². The summed E-state index contributed by atoms with van der Waals surface area (Å²) in [5.41, 5.74) is 2.45. The molecule has 1 atom stereocenters. The molecule has 0 aliphatic heterocycles. The number of allylic oxidation sites excluding steroid dienone is 13. The fourth-order valence-electron chi connectivity index (χ4n) is 3.65. The van der Waals surface area contributed by atoms with Crippen LogP contribution in [0.25, 0.3) is 0 Å². The summed E-state index contributed by atoms with van der Waals surface area (Å²) >= 11 is 0. The van der Waals surface area contributed by atoms with Crippen molar-refractivity contribution >= 4 is 17.9 Å². The van der Waals surface area contributed by atoms with Gasteiger partial charge in [-0.15, -0.1) is 0 Å². The molecule has 0 amide bonds. The Morgan fingerprint density at radius 1 is 0.733 bits per heavy atom. The minimum absolute atomic E-state index is 0.0778. The third-order valence-corrected chi connectivity index (χ3v) is 5.93. The molecular formula is C39H54O6. The molecule has 0 saturated heterocycles. The second kappa shape index (κ2) is 28.6. The van der Waals surface area contributed by atoms with Gasteiger partial charge in [-0.05, 0) is 77.4 Å². The number of rotatable bonds is 21. The lowest BCUT2D eigenvalue weighted by molar-refractivity contribution is -0.146. The summed E-state index contributed by atoms with van der Waals surface area (Å²) in [4.78, 5) is 35.5. The Morgan fingerprint density at radius 2 is 1.31 bits per heavy atom. The molecule has 0 fully saturated rings. The summed E-state index contributed by atoms with van der Waals surface area (Å²) in [7, 11) is 0. The minimum atomic E-state index is -0.684. The first-order valence-electron chi connectivity index (χ1n) is 15.9. The molecule has 246 valence electrons. The van der Waals surface area contributed by atoms with E-state index in [-0.39, 0.29) is 19.0 Å². The van der Waals surface area contributed by atoms with Crippen LogP contribution in [0, 0.1) is 11.8 Å². The molecule has 0 aliphatic carbocycles. The summed E-state index contributed by atoms with van der Waals surface area (Å²) in [6.45, 7) is 10.6. The van der Waals surface area contributed by atoms with Gasteiger partial charge in [0.1, 0.15) is 6.10 Å². The van der Waals surface area contributed by atoms with E-state index in [2.05, 4.69) is 79.5 Å². The molecule has 0 heterocycles. The number of carbonyl (C=O) groups is 3. The van der Waals surface area contributed by atoms with E-state index in [0.29, 0.717) is 24.8 Å². The molecule has 45 heavy (non-hydrogen) atoms. The van der Waals surface area contributed by atoms with E-state index in [1.54, 1.807) is 0 Å². The SMILES string of the molecule is CC/C=C/C/C=C/C/C=C/C/C=C/C/C=C/CCCC(=O)OCC/C(=C/OC(C)=O)[C@H](C/C=C(\C)C#CC=C(C)C)OC(C)=O. The number of carbonyl (C=O) groups excluding carboxylic acids is 3. The highest BCUT2D eigenvalue weighted by Gasteiger charge is 2.18. The van der Waals surface area contributed by atoms with E-state index in [1.165, 1.54) is 20.1 Å². The molecule has 0 bridgehead atoms. The van der Waals surface area contributed by atoms with Crippen LogP contribution < -0.4 is 0 Å². The highest BCUT2D eigenvalue weighted by Crippen LogP contribution is 2.18. The highest BCUT2D eigenvalue weighted by molar-refractivity contribution is 5.69. The second-order valence-corrected chi connectivity index (χ2v) is 10.6. The van der Waals surface area contributed by atoms with E-state index in [0.717, 1.165) is 49.7 Å². The molecule has 0 spiro atoms. The van der Waals surface area contributed by atoms with Crippen molar-refractivity contribution < 1.29 is 28.6 Å². The number of ether oxygens (including phenoxy) is 3. The zero-order chi connectivity index (χ0) is 33.5. The minimum Gasteiger partial charge on any atom is -0.465 e. The summed E-state index contributed by atoms with van der Waals surface area (Å²) in [5.74, 6) is 4.73. The first-order valence-corrected chi connectivity index (χ1v) is 15.9. The fourth-order valence-corrected chi connectivity index (χ4v) is 3.65. The standard InChI is InChI=1S/C39H54O6/c1-7-8-9-10-11-12-13-14-15-16-17-18-19-20-21-22-23-27-39(42)43-31-30-37(32-44-35(5)40)38(45-36(6)41)29-28-34(4)26-24-25-33(2)3/h8-9,11-12,14-15,17-18,20-21,25,28,32,38H,7,10,13,16,19,22-23,27,29-31H2,1-6H3/b9-8+,12-11+,15-14+,18-17+,21-20+,34-28+,37-32-/t38-/m0/s1. The molecule has 6 heteroatoms. The zero-order valence-corrected chi connectivity index (χ0v) is 28.3. The van der Waals surface area contributed by atoms with Crippen molar-refractivity contribution in [3.8, 4) is 11.8 Å². The maximum absolute atomic E-state index is 12.3. The molecule has 0 saturated carbocycles. The third kappa shape index (κ3) is 28.4. The highest BCUT2D eigenvalue weighted by atomic mass is 16.6. The molecule has 0 aromatic rings. The molecule has 0 rings (SSSR count). The topological polar surface area (TPSA) is 78.9 Å².